The van der Waals surface area contributed by atoms with Crippen LogP contribution in [0, 0.1) is 0 Å². The standard InChI is InChI=1S/C22H22F4N2O3/c23-21(24)22(25,26)31-19-3-1-2-17(12-19)20(30)28-10-8-18(9-11-28)27-13-15-4-6-16(14-29)7-5-15/h1-7,12,14,18,21,27H,8-11,13H2. The van der Waals surface area contributed by atoms with Crippen molar-refractivity contribution in [2.45, 2.75) is 38.0 Å². The van der Waals surface area contributed by atoms with Crippen molar-refractivity contribution in [1.82, 2.24) is 10.2 Å². The molecule has 1 heterocycles. The van der Waals surface area contributed by atoms with Crippen LogP contribution < -0.4 is 10.1 Å². The molecule has 0 aromatic heterocycles. The van der Waals surface area contributed by atoms with E-state index in [1.54, 1.807) is 17.0 Å². The lowest BCUT2D eigenvalue weighted by Crippen LogP contribution is -2.44. The molecular weight excluding hydrogens is 416 g/mol. The molecule has 9 heteroatoms. The zero-order valence-electron chi connectivity index (χ0n) is 16.6. The summed E-state index contributed by atoms with van der Waals surface area (Å²) in [5, 5.41) is 3.42. The molecule has 0 bridgehead atoms. The molecule has 1 aliphatic heterocycles. The molecule has 2 aromatic carbocycles. The van der Waals surface area contributed by atoms with Gasteiger partial charge in [-0.2, -0.15) is 17.6 Å². The van der Waals surface area contributed by atoms with Gasteiger partial charge in [0.25, 0.3) is 5.91 Å². The molecule has 0 atom stereocenters. The normalized spacial score (nSPS) is 15.2. The predicted octanol–water partition coefficient (Wildman–Crippen LogP) is 4.13. The van der Waals surface area contributed by atoms with Gasteiger partial charge in [-0.05, 0) is 36.6 Å². The van der Waals surface area contributed by atoms with Gasteiger partial charge in [0.2, 0.25) is 0 Å². The van der Waals surface area contributed by atoms with E-state index in [-0.39, 0.29) is 17.5 Å². The third-order valence-corrected chi connectivity index (χ3v) is 5.08. The zero-order chi connectivity index (χ0) is 22.4. The van der Waals surface area contributed by atoms with Crippen molar-refractivity contribution in [2.24, 2.45) is 0 Å². The Bertz CT molecular complexity index is 898. The summed E-state index contributed by atoms with van der Waals surface area (Å²) >= 11 is 0. The second-order valence-electron chi connectivity index (χ2n) is 7.30. The van der Waals surface area contributed by atoms with Crippen molar-refractivity contribution in [3.63, 3.8) is 0 Å². The van der Waals surface area contributed by atoms with Crippen LogP contribution >= 0.6 is 0 Å². The number of hydrogen-bond donors (Lipinski definition) is 1. The third-order valence-electron chi connectivity index (χ3n) is 5.08. The summed E-state index contributed by atoms with van der Waals surface area (Å²) < 4.78 is 54.9. The number of nitrogens with zero attached hydrogens (tertiary/aromatic N) is 1. The van der Waals surface area contributed by atoms with E-state index in [2.05, 4.69) is 10.1 Å². The second-order valence-corrected chi connectivity index (χ2v) is 7.30. The molecule has 0 radical (unpaired) electrons. The van der Waals surface area contributed by atoms with E-state index in [9.17, 15) is 27.2 Å². The van der Waals surface area contributed by atoms with Crippen LogP contribution in [0.4, 0.5) is 17.6 Å². The molecule has 3 rings (SSSR count). The van der Waals surface area contributed by atoms with Gasteiger partial charge in [-0.3, -0.25) is 9.59 Å². The van der Waals surface area contributed by atoms with Crippen LogP contribution in [0.3, 0.4) is 0 Å². The van der Waals surface area contributed by atoms with Crippen molar-refractivity contribution in [3.05, 3.63) is 65.2 Å². The first-order valence-corrected chi connectivity index (χ1v) is 9.80. The van der Waals surface area contributed by atoms with Crippen LogP contribution in [-0.2, 0) is 6.54 Å². The van der Waals surface area contributed by atoms with Gasteiger partial charge in [-0.1, -0.05) is 30.3 Å². The van der Waals surface area contributed by atoms with E-state index in [1.165, 1.54) is 12.1 Å². The number of ether oxygens (including phenoxy) is 1. The lowest BCUT2D eigenvalue weighted by atomic mass is 10.0. The molecular formula is C22H22F4N2O3. The Kier molecular flexibility index (Phi) is 7.27. The average molecular weight is 438 g/mol. The van der Waals surface area contributed by atoms with E-state index >= 15 is 0 Å². The summed E-state index contributed by atoms with van der Waals surface area (Å²) in [7, 11) is 0. The van der Waals surface area contributed by atoms with Crippen molar-refractivity contribution < 1.29 is 31.9 Å². The minimum atomic E-state index is -4.63. The molecule has 166 valence electrons. The molecule has 0 saturated carbocycles. The molecule has 1 N–H and O–H groups in total. The Morgan fingerprint density at radius 2 is 1.84 bits per heavy atom. The first-order chi connectivity index (χ1) is 14.8. The lowest BCUT2D eigenvalue weighted by Gasteiger charge is -2.32. The molecule has 0 spiro atoms. The number of carbonyl (C=O) groups excluding carboxylic acids is 2. The average Bonchev–Trinajstić information content (AvgIpc) is 2.77. The second kappa shape index (κ2) is 9.91. The first kappa shape index (κ1) is 22.7. The maximum atomic E-state index is 13.1. The van der Waals surface area contributed by atoms with E-state index in [1.807, 2.05) is 12.1 Å². The molecule has 1 fully saturated rings. The van der Waals surface area contributed by atoms with E-state index < -0.39 is 18.3 Å². The first-order valence-electron chi connectivity index (χ1n) is 9.80. The van der Waals surface area contributed by atoms with Gasteiger partial charge in [0.1, 0.15) is 12.0 Å². The maximum absolute atomic E-state index is 13.1. The van der Waals surface area contributed by atoms with Crippen LogP contribution in [-0.4, -0.2) is 48.8 Å². The summed E-state index contributed by atoms with van der Waals surface area (Å²) in [6.45, 7) is 1.58. The number of halogens is 4. The van der Waals surface area contributed by atoms with Gasteiger partial charge >= 0.3 is 12.5 Å². The molecule has 0 unspecified atom stereocenters. The number of nitrogens with one attached hydrogen (secondary N) is 1. The fourth-order valence-electron chi connectivity index (χ4n) is 3.34. The summed E-state index contributed by atoms with van der Waals surface area (Å²) in [4.78, 5) is 25.0. The number of benzene rings is 2. The highest BCUT2D eigenvalue weighted by Crippen LogP contribution is 2.28. The largest absolute Gasteiger partial charge is 0.461 e. The Morgan fingerprint density at radius 3 is 2.45 bits per heavy atom. The number of aldehydes is 1. The molecule has 5 nitrogen and oxygen atoms in total. The quantitative estimate of drug-likeness (QED) is 0.498. The number of hydrogen-bond acceptors (Lipinski definition) is 4. The highest BCUT2D eigenvalue weighted by atomic mass is 19.3. The van der Waals surface area contributed by atoms with Crippen LogP contribution in [0.5, 0.6) is 5.75 Å². The minimum Gasteiger partial charge on any atom is -0.428 e. The minimum absolute atomic E-state index is 0.101. The topological polar surface area (TPSA) is 58.6 Å². The Morgan fingerprint density at radius 1 is 1.16 bits per heavy atom. The number of alkyl halides is 4. The smallest absolute Gasteiger partial charge is 0.428 e. The monoisotopic (exact) mass is 438 g/mol. The van der Waals surface area contributed by atoms with Gasteiger partial charge in [-0.25, -0.2) is 0 Å². The highest BCUT2D eigenvalue weighted by molar-refractivity contribution is 5.94. The summed E-state index contributed by atoms with van der Waals surface area (Å²) in [6, 6.07) is 12.4. The number of piperidine rings is 1. The van der Waals surface area contributed by atoms with Crippen molar-refractivity contribution >= 4 is 12.2 Å². The Balaban J connectivity index is 1.51. The van der Waals surface area contributed by atoms with Gasteiger partial charge in [0.05, 0.1) is 0 Å². The van der Waals surface area contributed by atoms with E-state index in [4.69, 9.17) is 0 Å². The van der Waals surface area contributed by atoms with Gasteiger partial charge < -0.3 is 15.0 Å². The SMILES string of the molecule is O=Cc1ccc(CNC2CCN(C(=O)c3cccc(OC(F)(F)C(F)F)c3)CC2)cc1. The molecule has 0 aliphatic carbocycles. The molecule has 1 saturated heterocycles. The Labute approximate surface area is 177 Å². The summed E-state index contributed by atoms with van der Waals surface area (Å²) in [6.07, 6.45) is -6.40. The van der Waals surface area contributed by atoms with E-state index in [0.29, 0.717) is 38.0 Å². The fourth-order valence-corrected chi connectivity index (χ4v) is 3.34. The van der Waals surface area contributed by atoms with E-state index in [0.717, 1.165) is 24.0 Å². The Hall–Kier alpha value is -2.94. The van der Waals surface area contributed by atoms with Gasteiger partial charge in [0.15, 0.2) is 0 Å². The van der Waals surface area contributed by atoms with Gasteiger partial charge in [-0.15, -0.1) is 0 Å². The molecule has 2 aromatic rings. The predicted molar refractivity (Wildman–Crippen MR) is 106 cm³/mol. The molecule has 31 heavy (non-hydrogen) atoms. The van der Waals surface area contributed by atoms with Crippen LogP contribution in [0.2, 0.25) is 0 Å². The summed E-state index contributed by atoms with van der Waals surface area (Å²) in [5.41, 5.74) is 1.76. The summed E-state index contributed by atoms with van der Waals surface area (Å²) in [5.74, 6) is -0.859. The number of amides is 1. The van der Waals surface area contributed by atoms with Gasteiger partial charge in [0, 0.05) is 36.8 Å². The van der Waals surface area contributed by atoms with Crippen molar-refractivity contribution in [2.75, 3.05) is 13.1 Å². The molecule has 1 amide bonds. The van der Waals surface area contributed by atoms with Crippen molar-refractivity contribution in [1.29, 1.82) is 0 Å². The number of likely N-dealkylation sites (tertiary alicyclic amines) is 1. The zero-order valence-corrected chi connectivity index (χ0v) is 16.6. The number of rotatable bonds is 8. The molecule has 1 aliphatic rings. The van der Waals surface area contributed by atoms with Crippen LogP contribution in [0.15, 0.2) is 48.5 Å². The maximum Gasteiger partial charge on any atom is 0.461 e. The third kappa shape index (κ3) is 6.04. The van der Waals surface area contributed by atoms with Crippen molar-refractivity contribution in [3.8, 4) is 5.75 Å². The van der Waals surface area contributed by atoms with Crippen LogP contribution in [0.1, 0.15) is 39.1 Å². The highest BCUT2D eigenvalue weighted by Gasteiger charge is 2.44. The lowest BCUT2D eigenvalue weighted by molar-refractivity contribution is -0.253. The fraction of sp³-hybridized carbons (Fsp3) is 0.364. The number of carbonyl (C=O) groups is 2. The van der Waals surface area contributed by atoms with Crippen LogP contribution in [0.25, 0.3) is 0 Å².